The lowest BCUT2D eigenvalue weighted by Crippen LogP contribution is -2.37. The highest BCUT2D eigenvalue weighted by Gasteiger charge is 2.28. The summed E-state index contributed by atoms with van der Waals surface area (Å²) < 4.78 is 0.889. The minimum Gasteiger partial charge on any atom is -0.335 e. The highest BCUT2D eigenvalue weighted by molar-refractivity contribution is 9.10. The molecule has 1 unspecified atom stereocenters. The third kappa shape index (κ3) is 3.61. The quantitative estimate of drug-likeness (QED) is 0.868. The molecule has 5 heteroatoms. The van der Waals surface area contributed by atoms with Gasteiger partial charge in [-0.3, -0.25) is 0 Å². The van der Waals surface area contributed by atoms with Crippen molar-refractivity contribution in [3.8, 4) is 0 Å². The smallest absolute Gasteiger partial charge is 0.319 e. The number of hydrogen-bond acceptors (Lipinski definition) is 1. The lowest BCUT2D eigenvalue weighted by molar-refractivity contribution is 0.248. The van der Waals surface area contributed by atoms with Gasteiger partial charge < -0.3 is 10.6 Å². The van der Waals surface area contributed by atoms with Gasteiger partial charge in [0, 0.05) is 10.5 Å². The molecular weight excluding hydrogens is 304 g/mol. The number of carbonyl (C=O) groups is 1. The van der Waals surface area contributed by atoms with E-state index in [2.05, 4.69) is 26.6 Å². The van der Waals surface area contributed by atoms with E-state index in [1.54, 1.807) is 12.1 Å². The van der Waals surface area contributed by atoms with Crippen molar-refractivity contribution < 1.29 is 4.79 Å². The minimum atomic E-state index is -0.200. The Morgan fingerprint density at radius 3 is 2.82 bits per heavy atom. The summed E-state index contributed by atoms with van der Waals surface area (Å²) in [6.45, 7) is 2.03. The van der Waals surface area contributed by atoms with E-state index in [0.29, 0.717) is 16.6 Å². The monoisotopic (exact) mass is 316 g/mol. The largest absolute Gasteiger partial charge is 0.335 e. The number of rotatable bonds is 3. The Kier molecular flexibility index (Phi) is 3.94. The van der Waals surface area contributed by atoms with E-state index in [0.717, 1.165) is 4.47 Å². The number of nitrogens with one attached hydrogen (secondary N) is 2. The summed E-state index contributed by atoms with van der Waals surface area (Å²) in [4.78, 5) is 11.7. The Morgan fingerprint density at radius 2 is 2.24 bits per heavy atom. The molecule has 1 aliphatic rings. The summed E-state index contributed by atoms with van der Waals surface area (Å²) in [5, 5.41) is 6.18. The Bertz CT molecular complexity index is 435. The molecule has 1 atom stereocenters. The number of anilines is 1. The van der Waals surface area contributed by atoms with Gasteiger partial charge >= 0.3 is 6.03 Å². The molecular formula is C12H14BrClN2O. The van der Waals surface area contributed by atoms with Crippen LogP contribution >= 0.6 is 27.5 Å². The van der Waals surface area contributed by atoms with Gasteiger partial charge in [0.1, 0.15) is 0 Å². The molecule has 0 heterocycles. The van der Waals surface area contributed by atoms with Gasteiger partial charge in [0.05, 0.1) is 10.7 Å². The van der Waals surface area contributed by atoms with Crippen LogP contribution in [0.1, 0.15) is 19.8 Å². The maximum atomic E-state index is 11.7. The van der Waals surface area contributed by atoms with Crippen LogP contribution in [0.15, 0.2) is 22.7 Å². The molecule has 1 saturated carbocycles. The average Bonchev–Trinajstić information content (AvgIpc) is 3.05. The Morgan fingerprint density at radius 1 is 1.53 bits per heavy atom. The molecule has 0 radical (unpaired) electrons. The van der Waals surface area contributed by atoms with Crippen LogP contribution in [0, 0.1) is 5.92 Å². The van der Waals surface area contributed by atoms with Crippen molar-refractivity contribution in [3.05, 3.63) is 27.7 Å². The van der Waals surface area contributed by atoms with Crippen molar-refractivity contribution in [3.63, 3.8) is 0 Å². The summed E-state index contributed by atoms with van der Waals surface area (Å²) in [6, 6.07) is 5.39. The van der Waals surface area contributed by atoms with Crippen molar-refractivity contribution in [1.29, 1.82) is 0 Å². The van der Waals surface area contributed by atoms with Crippen molar-refractivity contribution in [2.45, 2.75) is 25.8 Å². The molecule has 3 nitrogen and oxygen atoms in total. The predicted octanol–water partition coefficient (Wildman–Crippen LogP) is 4.02. The van der Waals surface area contributed by atoms with E-state index in [4.69, 9.17) is 11.6 Å². The van der Waals surface area contributed by atoms with Gasteiger partial charge in [0.15, 0.2) is 0 Å². The van der Waals surface area contributed by atoms with Gasteiger partial charge in [-0.1, -0.05) is 27.5 Å². The molecule has 2 amide bonds. The second-order valence-electron chi connectivity index (χ2n) is 4.35. The molecule has 2 N–H and O–H groups in total. The van der Waals surface area contributed by atoms with Crippen LogP contribution in [-0.4, -0.2) is 12.1 Å². The number of carbonyl (C=O) groups excluding carboxylic acids is 1. The number of amides is 2. The highest BCUT2D eigenvalue weighted by Crippen LogP contribution is 2.32. The molecule has 17 heavy (non-hydrogen) atoms. The van der Waals surface area contributed by atoms with Crippen LogP contribution in [0.4, 0.5) is 10.5 Å². The zero-order valence-corrected chi connectivity index (χ0v) is 11.8. The molecule has 0 spiro atoms. The van der Waals surface area contributed by atoms with Gasteiger partial charge in [-0.2, -0.15) is 0 Å². The molecule has 0 aliphatic heterocycles. The predicted molar refractivity (Wildman–Crippen MR) is 73.5 cm³/mol. The van der Waals surface area contributed by atoms with E-state index in [1.807, 2.05) is 13.0 Å². The third-order valence-electron chi connectivity index (χ3n) is 2.87. The summed E-state index contributed by atoms with van der Waals surface area (Å²) in [5.74, 6) is 0.640. The van der Waals surface area contributed by atoms with E-state index >= 15 is 0 Å². The summed E-state index contributed by atoms with van der Waals surface area (Å²) >= 11 is 9.33. The van der Waals surface area contributed by atoms with Gasteiger partial charge in [-0.05, 0) is 43.9 Å². The first-order chi connectivity index (χ1) is 8.06. The first kappa shape index (κ1) is 12.7. The standard InChI is InChI=1S/C12H14BrClN2O/c1-7(8-2-3-8)15-12(17)16-11-5-4-9(13)6-10(11)14/h4-8H,2-3H2,1H3,(H2,15,16,17). The number of hydrogen-bond donors (Lipinski definition) is 2. The van der Waals surface area contributed by atoms with Crippen LogP contribution < -0.4 is 10.6 Å². The van der Waals surface area contributed by atoms with Gasteiger partial charge in [0.2, 0.25) is 0 Å². The van der Waals surface area contributed by atoms with Crippen LogP contribution in [0.2, 0.25) is 5.02 Å². The molecule has 1 aliphatic carbocycles. The van der Waals surface area contributed by atoms with E-state index < -0.39 is 0 Å². The molecule has 92 valence electrons. The average molecular weight is 318 g/mol. The molecule has 0 aromatic heterocycles. The van der Waals surface area contributed by atoms with Crippen LogP contribution in [0.3, 0.4) is 0 Å². The third-order valence-corrected chi connectivity index (χ3v) is 3.67. The Hall–Kier alpha value is -0.740. The summed E-state index contributed by atoms with van der Waals surface area (Å²) in [7, 11) is 0. The zero-order valence-electron chi connectivity index (χ0n) is 9.47. The number of halogens is 2. The minimum absolute atomic E-state index is 0.200. The van der Waals surface area contributed by atoms with E-state index in [9.17, 15) is 4.79 Å². The second-order valence-corrected chi connectivity index (χ2v) is 5.67. The maximum Gasteiger partial charge on any atom is 0.319 e. The molecule has 1 fully saturated rings. The van der Waals surface area contributed by atoms with E-state index in [-0.39, 0.29) is 12.1 Å². The van der Waals surface area contributed by atoms with E-state index in [1.165, 1.54) is 12.8 Å². The lowest BCUT2D eigenvalue weighted by atomic mass is 10.2. The highest BCUT2D eigenvalue weighted by atomic mass is 79.9. The number of urea groups is 1. The van der Waals surface area contributed by atoms with Crippen LogP contribution in [0.25, 0.3) is 0 Å². The Labute approximate surface area is 114 Å². The summed E-state index contributed by atoms with van der Waals surface area (Å²) in [5.41, 5.74) is 0.621. The van der Waals surface area contributed by atoms with Crippen LogP contribution in [0.5, 0.6) is 0 Å². The van der Waals surface area contributed by atoms with Gasteiger partial charge in [-0.25, -0.2) is 4.79 Å². The molecule has 2 rings (SSSR count). The molecule has 1 aromatic rings. The van der Waals surface area contributed by atoms with Gasteiger partial charge in [-0.15, -0.1) is 0 Å². The van der Waals surface area contributed by atoms with Crippen molar-refractivity contribution in [2.75, 3.05) is 5.32 Å². The SMILES string of the molecule is CC(NC(=O)Nc1ccc(Br)cc1Cl)C1CC1. The first-order valence-electron chi connectivity index (χ1n) is 5.59. The zero-order chi connectivity index (χ0) is 12.4. The summed E-state index contributed by atoms with van der Waals surface area (Å²) in [6.07, 6.45) is 2.42. The fourth-order valence-electron chi connectivity index (χ4n) is 1.67. The Balaban J connectivity index is 1.92. The topological polar surface area (TPSA) is 41.1 Å². The van der Waals surface area contributed by atoms with Crippen molar-refractivity contribution in [2.24, 2.45) is 5.92 Å². The van der Waals surface area contributed by atoms with Crippen molar-refractivity contribution in [1.82, 2.24) is 5.32 Å². The fourth-order valence-corrected chi connectivity index (χ4v) is 2.39. The van der Waals surface area contributed by atoms with Crippen LogP contribution in [-0.2, 0) is 0 Å². The molecule has 0 saturated heterocycles. The van der Waals surface area contributed by atoms with Gasteiger partial charge in [0.25, 0.3) is 0 Å². The first-order valence-corrected chi connectivity index (χ1v) is 6.76. The lowest BCUT2D eigenvalue weighted by Gasteiger charge is -2.14. The second kappa shape index (κ2) is 5.27. The number of benzene rings is 1. The van der Waals surface area contributed by atoms with Crippen molar-refractivity contribution >= 4 is 39.2 Å². The fraction of sp³-hybridized carbons (Fsp3) is 0.417. The molecule has 0 bridgehead atoms. The maximum absolute atomic E-state index is 11.7. The normalized spacial score (nSPS) is 16.4. The molecule has 1 aromatic carbocycles.